The summed E-state index contributed by atoms with van der Waals surface area (Å²) in [6, 6.07) is 5.42. The summed E-state index contributed by atoms with van der Waals surface area (Å²) >= 11 is 0. The van der Waals surface area contributed by atoms with E-state index in [4.69, 9.17) is 4.42 Å². The second kappa shape index (κ2) is 4.00. The van der Waals surface area contributed by atoms with Crippen molar-refractivity contribution in [2.24, 2.45) is 0 Å². The lowest BCUT2D eigenvalue weighted by atomic mass is 10.2. The Morgan fingerprint density at radius 1 is 1.53 bits per heavy atom. The normalized spacial score (nSPS) is 10.2. The molecule has 1 heterocycles. The zero-order valence-corrected chi connectivity index (χ0v) is 8.28. The van der Waals surface area contributed by atoms with Crippen LogP contribution in [-0.2, 0) is 6.54 Å². The van der Waals surface area contributed by atoms with Crippen LogP contribution in [0.15, 0.2) is 29.0 Å². The minimum Gasteiger partial charge on any atom is -0.443 e. The van der Waals surface area contributed by atoms with Gasteiger partial charge in [0.2, 0.25) is 0 Å². The van der Waals surface area contributed by atoms with Gasteiger partial charge in [0.05, 0.1) is 0 Å². The molecule has 78 valence electrons. The predicted molar refractivity (Wildman–Crippen MR) is 55.3 cm³/mol. The SMILES string of the molecule is CNC(=O)NCc1ccc2ncoc2c1. The molecule has 0 saturated carbocycles. The van der Waals surface area contributed by atoms with Crippen molar-refractivity contribution in [3.8, 4) is 0 Å². The fourth-order valence-electron chi connectivity index (χ4n) is 1.28. The predicted octanol–water partition coefficient (Wildman–Crippen LogP) is 1.26. The number of rotatable bonds is 2. The number of nitrogens with zero attached hydrogens (tertiary/aromatic N) is 1. The molecule has 2 N–H and O–H groups in total. The maximum absolute atomic E-state index is 10.9. The molecular formula is C10H11N3O2. The van der Waals surface area contributed by atoms with Crippen LogP contribution in [0.4, 0.5) is 4.79 Å². The van der Waals surface area contributed by atoms with Crippen molar-refractivity contribution in [3.05, 3.63) is 30.2 Å². The first-order valence-corrected chi connectivity index (χ1v) is 4.57. The quantitative estimate of drug-likeness (QED) is 0.775. The second-order valence-electron chi connectivity index (χ2n) is 3.09. The molecule has 0 unspecified atom stereocenters. The Balaban J connectivity index is 2.11. The number of carbonyl (C=O) groups is 1. The third kappa shape index (κ3) is 2.07. The van der Waals surface area contributed by atoms with Gasteiger partial charge in [-0.15, -0.1) is 0 Å². The molecule has 5 heteroatoms. The van der Waals surface area contributed by atoms with Crippen LogP contribution in [0.2, 0.25) is 0 Å². The number of urea groups is 1. The van der Waals surface area contributed by atoms with Crippen LogP contribution in [0.25, 0.3) is 11.1 Å². The highest BCUT2D eigenvalue weighted by Crippen LogP contribution is 2.13. The lowest BCUT2D eigenvalue weighted by Crippen LogP contribution is -2.32. The van der Waals surface area contributed by atoms with Crippen molar-refractivity contribution in [2.75, 3.05) is 7.05 Å². The molecule has 2 amide bonds. The minimum atomic E-state index is -0.201. The van der Waals surface area contributed by atoms with Gasteiger partial charge in [0, 0.05) is 13.6 Å². The van der Waals surface area contributed by atoms with Gasteiger partial charge in [-0.3, -0.25) is 0 Å². The highest BCUT2D eigenvalue weighted by molar-refractivity contribution is 5.74. The van der Waals surface area contributed by atoms with Gasteiger partial charge in [-0.25, -0.2) is 9.78 Å². The number of oxazole rings is 1. The summed E-state index contributed by atoms with van der Waals surface area (Å²) in [6.45, 7) is 0.469. The van der Waals surface area contributed by atoms with Gasteiger partial charge in [-0.05, 0) is 17.7 Å². The van der Waals surface area contributed by atoms with Gasteiger partial charge < -0.3 is 15.1 Å². The van der Waals surface area contributed by atoms with Gasteiger partial charge in [0.1, 0.15) is 5.52 Å². The first-order chi connectivity index (χ1) is 7.29. The summed E-state index contributed by atoms with van der Waals surface area (Å²) in [6.07, 6.45) is 1.40. The summed E-state index contributed by atoms with van der Waals surface area (Å²) < 4.78 is 5.15. The maximum Gasteiger partial charge on any atom is 0.314 e. The first-order valence-electron chi connectivity index (χ1n) is 4.57. The summed E-state index contributed by atoms with van der Waals surface area (Å²) in [5.41, 5.74) is 2.52. The Hall–Kier alpha value is -2.04. The number of carbonyl (C=O) groups excluding carboxylic acids is 1. The topological polar surface area (TPSA) is 67.2 Å². The highest BCUT2D eigenvalue weighted by Gasteiger charge is 2.01. The number of hydrogen-bond acceptors (Lipinski definition) is 3. The van der Waals surface area contributed by atoms with Crippen LogP contribution in [0.3, 0.4) is 0 Å². The lowest BCUT2D eigenvalue weighted by molar-refractivity contribution is 0.242. The molecule has 0 atom stereocenters. The molecule has 1 aromatic heterocycles. The number of hydrogen-bond donors (Lipinski definition) is 2. The number of aromatic nitrogens is 1. The third-order valence-corrected chi connectivity index (χ3v) is 2.08. The van der Waals surface area contributed by atoms with E-state index in [0.717, 1.165) is 16.7 Å². The first kappa shape index (κ1) is 9.51. The van der Waals surface area contributed by atoms with E-state index in [1.54, 1.807) is 7.05 Å². The van der Waals surface area contributed by atoms with Gasteiger partial charge >= 0.3 is 6.03 Å². The van der Waals surface area contributed by atoms with E-state index in [9.17, 15) is 4.79 Å². The van der Waals surface area contributed by atoms with E-state index in [2.05, 4.69) is 15.6 Å². The smallest absolute Gasteiger partial charge is 0.314 e. The number of benzene rings is 1. The third-order valence-electron chi connectivity index (χ3n) is 2.08. The van der Waals surface area contributed by atoms with Crippen molar-refractivity contribution in [3.63, 3.8) is 0 Å². The minimum absolute atomic E-state index is 0.201. The monoisotopic (exact) mass is 205 g/mol. The largest absolute Gasteiger partial charge is 0.443 e. The van der Waals surface area contributed by atoms with E-state index in [-0.39, 0.29) is 6.03 Å². The molecule has 0 fully saturated rings. The second-order valence-corrected chi connectivity index (χ2v) is 3.09. The molecule has 0 radical (unpaired) electrons. The molecule has 2 rings (SSSR count). The van der Waals surface area contributed by atoms with Gasteiger partial charge in [-0.2, -0.15) is 0 Å². The van der Waals surface area contributed by atoms with Gasteiger partial charge in [-0.1, -0.05) is 6.07 Å². The summed E-state index contributed by atoms with van der Waals surface area (Å²) in [5.74, 6) is 0. The van der Waals surface area contributed by atoms with Crippen LogP contribution in [-0.4, -0.2) is 18.1 Å². The van der Waals surface area contributed by atoms with Gasteiger partial charge in [0.15, 0.2) is 12.0 Å². The van der Waals surface area contributed by atoms with E-state index >= 15 is 0 Å². The lowest BCUT2D eigenvalue weighted by Gasteiger charge is -2.03. The van der Waals surface area contributed by atoms with E-state index in [1.165, 1.54) is 6.39 Å². The van der Waals surface area contributed by atoms with E-state index in [0.29, 0.717) is 6.54 Å². The molecule has 0 aliphatic rings. The van der Waals surface area contributed by atoms with Crippen molar-refractivity contribution < 1.29 is 9.21 Å². The molecular weight excluding hydrogens is 194 g/mol. The van der Waals surface area contributed by atoms with Crippen molar-refractivity contribution in [1.29, 1.82) is 0 Å². The Bertz CT molecular complexity index is 478. The van der Waals surface area contributed by atoms with E-state index in [1.807, 2.05) is 18.2 Å². The van der Waals surface area contributed by atoms with Crippen LogP contribution >= 0.6 is 0 Å². The standard InChI is InChI=1S/C10H11N3O2/c1-11-10(14)12-5-7-2-3-8-9(4-7)15-6-13-8/h2-4,6H,5H2,1H3,(H2,11,12,14). The highest BCUT2D eigenvalue weighted by atomic mass is 16.3. The number of amides is 2. The molecule has 0 aliphatic carbocycles. The van der Waals surface area contributed by atoms with Crippen LogP contribution < -0.4 is 10.6 Å². The Labute approximate surface area is 86.5 Å². The summed E-state index contributed by atoms with van der Waals surface area (Å²) in [7, 11) is 1.58. The molecule has 1 aromatic carbocycles. The molecule has 0 bridgehead atoms. The number of nitrogens with one attached hydrogen (secondary N) is 2. The Morgan fingerprint density at radius 2 is 2.40 bits per heavy atom. The zero-order valence-electron chi connectivity index (χ0n) is 8.28. The average molecular weight is 205 g/mol. The van der Waals surface area contributed by atoms with Crippen LogP contribution in [0.5, 0.6) is 0 Å². The fourth-order valence-corrected chi connectivity index (χ4v) is 1.28. The Morgan fingerprint density at radius 3 is 3.20 bits per heavy atom. The van der Waals surface area contributed by atoms with Crippen molar-refractivity contribution in [1.82, 2.24) is 15.6 Å². The zero-order chi connectivity index (χ0) is 10.7. The number of fused-ring (bicyclic) bond motifs is 1. The molecule has 2 aromatic rings. The molecule has 0 aliphatic heterocycles. The maximum atomic E-state index is 10.9. The summed E-state index contributed by atoms with van der Waals surface area (Å²) in [5, 5.41) is 5.17. The molecule has 5 nitrogen and oxygen atoms in total. The van der Waals surface area contributed by atoms with Crippen molar-refractivity contribution >= 4 is 17.1 Å². The fraction of sp³-hybridized carbons (Fsp3) is 0.200. The van der Waals surface area contributed by atoms with Crippen LogP contribution in [0, 0.1) is 0 Å². The molecule has 0 saturated heterocycles. The molecule has 15 heavy (non-hydrogen) atoms. The van der Waals surface area contributed by atoms with E-state index < -0.39 is 0 Å². The van der Waals surface area contributed by atoms with Gasteiger partial charge in [0.25, 0.3) is 0 Å². The Kier molecular flexibility index (Phi) is 2.53. The molecule has 0 spiro atoms. The van der Waals surface area contributed by atoms with Crippen LogP contribution in [0.1, 0.15) is 5.56 Å². The summed E-state index contributed by atoms with van der Waals surface area (Å²) in [4.78, 5) is 14.9. The average Bonchev–Trinajstić information content (AvgIpc) is 2.72. The van der Waals surface area contributed by atoms with Crippen molar-refractivity contribution in [2.45, 2.75) is 6.54 Å².